The second kappa shape index (κ2) is 9.17. The van der Waals surface area contributed by atoms with Crippen molar-refractivity contribution in [3.8, 4) is 10.7 Å². The molecule has 32 heavy (non-hydrogen) atoms. The second-order valence-electron chi connectivity index (χ2n) is 9.90. The van der Waals surface area contributed by atoms with Gasteiger partial charge in [0.1, 0.15) is 10.7 Å². The maximum Gasteiger partial charge on any atom is 0.311 e. The molecule has 0 amide bonds. The van der Waals surface area contributed by atoms with Crippen molar-refractivity contribution in [1.29, 1.82) is 0 Å². The van der Waals surface area contributed by atoms with E-state index < -0.39 is 11.4 Å². The molecule has 0 radical (unpaired) electrons. The molecule has 1 saturated heterocycles. The number of rotatable bonds is 7. The molecule has 2 atom stereocenters. The van der Waals surface area contributed by atoms with E-state index in [2.05, 4.69) is 47.1 Å². The lowest BCUT2D eigenvalue weighted by Gasteiger charge is -2.48. The summed E-state index contributed by atoms with van der Waals surface area (Å²) >= 11 is 3.34. The van der Waals surface area contributed by atoms with Crippen molar-refractivity contribution in [2.45, 2.75) is 40.2 Å². The number of aromatic nitrogens is 2. The van der Waals surface area contributed by atoms with Crippen LogP contribution in [0.1, 0.15) is 38.5 Å². The van der Waals surface area contributed by atoms with E-state index in [1.54, 1.807) is 29.8 Å². The molecule has 1 aliphatic rings. The number of pyridine rings is 1. The standard InChI is InChI=1S/C24H31N3O3S2/c1-23(2,3)17-11-24(22(28)29,7-9-30-4)15-27(13-17)14-18-12-26-21(32-18)19-20-16(5-8-25-19)6-10-31-20/h5-6,8,10,12,17H,7,9,11,13-15H2,1-4H3,(H,28,29)/t17-,24-/m1/s1. The number of likely N-dealkylation sites (tertiary alicyclic amines) is 1. The van der Waals surface area contributed by atoms with Gasteiger partial charge in [-0.3, -0.25) is 14.7 Å². The molecule has 1 fully saturated rings. The summed E-state index contributed by atoms with van der Waals surface area (Å²) < 4.78 is 6.44. The van der Waals surface area contributed by atoms with Gasteiger partial charge in [-0.2, -0.15) is 0 Å². The van der Waals surface area contributed by atoms with Gasteiger partial charge in [0.25, 0.3) is 0 Å². The number of fused-ring (bicyclic) bond motifs is 1. The van der Waals surface area contributed by atoms with Gasteiger partial charge in [0, 0.05) is 50.6 Å². The monoisotopic (exact) mass is 473 g/mol. The molecule has 1 N–H and O–H groups in total. The molecule has 3 aromatic heterocycles. The minimum absolute atomic E-state index is 0.0318. The normalized spacial score (nSPS) is 22.4. The Morgan fingerprint density at radius 3 is 2.88 bits per heavy atom. The summed E-state index contributed by atoms with van der Waals surface area (Å²) in [5.74, 6) is -0.426. The van der Waals surface area contributed by atoms with Gasteiger partial charge in [0.05, 0.1) is 10.1 Å². The number of carboxylic acid groups (broad SMARTS) is 1. The Bertz CT molecular complexity index is 1090. The molecule has 8 heteroatoms. The van der Waals surface area contributed by atoms with Gasteiger partial charge in [0.2, 0.25) is 0 Å². The van der Waals surface area contributed by atoms with Gasteiger partial charge in [-0.1, -0.05) is 20.8 Å². The van der Waals surface area contributed by atoms with E-state index in [9.17, 15) is 9.90 Å². The first kappa shape index (κ1) is 23.3. The van der Waals surface area contributed by atoms with Crippen LogP contribution < -0.4 is 0 Å². The number of ether oxygens (including phenoxy) is 1. The Labute approximate surface area is 197 Å². The van der Waals surface area contributed by atoms with Crippen molar-refractivity contribution >= 4 is 38.7 Å². The van der Waals surface area contributed by atoms with Gasteiger partial charge < -0.3 is 9.84 Å². The highest BCUT2D eigenvalue weighted by Crippen LogP contribution is 2.44. The summed E-state index contributed by atoms with van der Waals surface area (Å²) in [7, 11) is 1.64. The van der Waals surface area contributed by atoms with Crippen LogP contribution >= 0.6 is 22.7 Å². The number of aliphatic carboxylic acids is 1. The van der Waals surface area contributed by atoms with Crippen molar-refractivity contribution in [3.05, 3.63) is 34.8 Å². The van der Waals surface area contributed by atoms with E-state index in [0.717, 1.165) is 26.8 Å². The van der Waals surface area contributed by atoms with E-state index in [1.807, 2.05) is 18.5 Å². The third-order valence-corrected chi connectivity index (χ3v) is 8.53. The number of thiophene rings is 1. The molecule has 0 spiro atoms. The molecule has 6 nitrogen and oxygen atoms in total. The van der Waals surface area contributed by atoms with E-state index in [4.69, 9.17) is 4.74 Å². The minimum Gasteiger partial charge on any atom is -0.481 e. The molecule has 0 bridgehead atoms. The first-order valence-corrected chi connectivity index (χ1v) is 12.6. The van der Waals surface area contributed by atoms with Crippen molar-refractivity contribution in [3.63, 3.8) is 0 Å². The fraction of sp³-hybridized carbons (Fsp3) is 0.542. The topological polar surface area (TPSA) is 75.6 Å². The molecular formula is C24H31N3O3S2. The van der Waals surface area contributed by atoms with E-state index >= 15 is 0 Å². The fourth-order valence-electron chi connectivity index (χ4n) is 4.60. The van der Waals surface area contributed by atoms with Crippen molar-refractivity contribution < 1.29 is 14.6 Å². The van der Waals surface area contributed by atoms with E-state index in [1.165, 1.54) is 5.39 Å². The van der Waals surface area contributed by atoms with Crippen LogP contribution in [-0.2, 0) is 16.1 Å². The molecule has 0 unspecified atom stereocenters. The minimum atomic E-state index is -0.788. The summed E-state index contributed by atoms with van der Waals surface area (Å²) in [6, 6.07) is 4.13. The molecule has 1 aliphatic heterocycles. The predicted molar refractivity (Wildman–Crippen MR) is 130 cm³/mol. The lowest BCUT2D eigenvalue weighted by Crippen LogP contribution is -2.53. The number of carbonyl (C=O) groups is 1. The predicted octanol–water partition coefficient (Wildman–Crippen LogP) is 5.40. The molecule has 0 aliphatic carbocycles. The van der Waals surface area contributed by atoms with Gasteiger partial charge in [-0.15, -0.1) is 22.7 Å². The van der Waals surface area contributed by atoms with Crippen LogP contribution in [0.5, 0.6) is 0 Å². The van der Waals surface area contributed by atoms with Crippen LogP contribution in [0, 0.1) is 16.7 Å². The first-order valence-electron chi connectivity index (χ1n) is 10.9. The second-order valence-corrected chi connectivity index (χ2v) is 11.9. The Morgan fingerprint density at radius 1 is 1.34 bits per heavy atom. The molecule has 3 aromatic rings. The summed E-state index contributed by atoms with van der Waals surface area (Å²) in [5.41, 5.74) is 0.174. The SMILES string of the molecule is COCC[C@@]1(C(=O)O)C[C@@H](C(C)(C)C)CN(Cc2cnc(-c3nccc4ccsc34)s2)C1. The van der Waals surface area contributed by atoms with Crippen LogP contribution in [0.4, 0.5) is 0 Å². The number of hydrogen-bond donors (Lipinski definition) is 1. The van der Waals surface area contributed by atoms with Crippen molar-refractivity contribution in [2.75, 3.05) is 26.8 Å². The summed E-state index contributed by atoms with van der Waals surface area (Å²) in [6.07, 6.45) is 4.97. The van der Waals surface area contributed by atoms with Crippen LogP contribution in [0.15, 0.2) is 29.9 Å². The highest BCUT2D eigenvalue weighted by atomic mass is 32.1. The average molecular weight is 474 g/mol. The largest absolute Gasteiger partial charge is 0.481 e. The number of hydrogen-bond acceptors (Lipinski definition) is 7. The highest BCUT2D eigenvalue weighted by Gasteiger charge is 2.48. The third-order valence-electron chi connectivity index (χ3n) is 6.61. The Kier molecular flexibility index (Phi) is 6.68. The van der Waals surface area contributed by atoms with Gasteiger partial charge in [0.15, 0.2) is 0 Å². The van der Waals surface area contributed by atoms with Crippen molar-refractivity contribution in [2.24, 2.45) is 16.7 Å². The number of thiazole rings is 1. The quantitative estimate of drug-likeness (QED) is 0.495. The Hall–Kier alpha value is -1.87. The van der Waals surface area contributed by atoms with Crippen LogP contribution in [0.3, 0.4) is 0 Å². The molecule has 0 saturated carbocycles. The number of nitrogens with zero attached hydrogens (tertiary/aromatic N) is 3. The summed E-state index contributed by atoms with van der Waals surface area (Å²) in [4.78, 5) is 25.1. The Balaban J connectivity index is 1.59. The van der Waals surface area contributed by atoms with E-state index in [-0.39, 0.29) is 11.3 Å². The zero-order chi connectivity index (χ0) is 22.9. The van der Waals surface area contributed by atoms with Gasteiger partial charge in [-0.05, 0) is 47.1 Å². The lowest BCUT2D eigenvalue weighted by atomic mass is 9.66. The number of piperidine rings is 1. The average Bonchev–Trinajstić information content (AvgIpc) is 3.40. The highest BCUT2D eigenvalue weighted by molar-refractivity contribution is 7.19. The zero-order valence-electron chi connectivity index (χ0n) is 19.1. The third kappa shape index (κ3) is 4.73. The van der Waals surface area contributed by atoms with Gasteiger partial charge >= 0.3 is 5.97 Å². The maximum atomic E-state index is 12.4. The Morgan fingerprint density at radius 2 is 2.16 bits per heavy atom. The van der Waals surface area contributed by atoms with E-state index in [0.29, 0.717) is 32.5 Å². The van der Waals surface area contributed by atoms with Crippen molar-refractivity contribution in [1.82, 2.24) is 14.9 Å². The first-order chi connectivity index (χ1) is 15.2. The number of carboxylic acids is 1. The lowest BCUT2D eigenvalue weighted by molar-refractivity contribution is -0.157. The molecule has 172 valence electrons. The molecule has 4 heterocycles. The molecule has 4 rings (SSSR count). The van der Waals surface area contributed by atoms with Crippen LogP contribution in [0.2, 0.25) is 0 Å². The number of methoxy groups -OCH3 is 1. The summed E-state index contributed by atoms with van der Waals surface area (Å²) in [6.45, 7) is 9.21. The molecular weight excluding hydrogens is 442 g/mol. The summed E-state index contributed by atoms with van der Waals surface area (Å²) in [5, 5.41) is 14.4. The fourth-order valence-corrected chi connectivity index (χ4v) is 6.51. The molecule has 0 aromatic carbocycles. The maximum absolute atomic E-state index is 12.4. The zero-order valence-corrected chi connectivity index (χ0v) is 20.8. The van der Waals surface area contributed by atoms with Crippen LogP contribution in [-0.4, -0.2) is 52.7 Å². The van der Waals surface area contributed by atoms with Crippen LogP contribution in [0.25, 0.3) is 20.8 Å². The van der Waals surface area contributed by atoms with Gasteiger partial charge in [-0.25, -0.2) is 4.98 Å². The smallest absolute Gasteiger partial charge is 0.311 e.